The molecule has 38 heavy (non-hydrogen) atoms. The van der Waals surface area contributed by atoms with Gasteiger partial charge in [0, 0.05) is 48.1 Å². The second-order valence-corrected chi connectivity index (χ2v) is 9.68. The van der Waals surface area contributed by atoms with E-state index < -0.39 is 5.91 Å². The van der Waals surface area contributed by atoms with E-state index in [9.17, 15) is 9.59 Å². The first kappa shape index (κ1) is 27.5. The zero-order valence-corrected chi connectivity index (χ0v) is 23.1. The fourth-order valence-corrected chi connectivity index (χ4v) is 4.89. The fraction of sp³-hybridized carbons (Fsp3) is 0.222. The van der Waals surface area contributed by atoms with E-state index >= 15 is 0 Å². The minimum atomic E-state index is -0.498. The highest BCUT2D eigenvalue weighted by Gasteiger charge is 2.23. The second kappa shape index (κ2) is 12.3. The van der Waals surface area contributed by atoms with Crippen LogP contribution in [0.15, 0.2) is 60.7 Å². The molecule has 0 unspecified atom stereocenters. The van der Waals surface area contributed by atoms with Crippen LogP contribution in [0.2, 0.25) is 10.0 Å². The van der Waals surface area contributed by atoms with Crippen molar-refractivity contribution >= 4 is 63.7 Å². The van der Waals surface area contributed by atoms with Gasteiger partial charge in [-0.3, -0.25) is 14.9 Å². The molecule has 0 radical (unpaired) electrons. The average molecular weight is 574 g/mol. The Kier molecular flexibility index (Phi) is 8.93. The topological polar surface area (TPSA) is 83.1 Å². The van der Waals surface area contributed by atoms with Crippen molar-refractivity contribution in [1.82, 2.24) is 10.2 Å². The van der Waals surface area contributed by atoms with E-state index in [1.807, 2.05) is 29.2 Å². The van der Waals surface area contributed by atoms with Crippen LogP contribution >= 0.6 is 35.4 Å². The summed E-state index contributed by atoms with van der Waals surface area (Å²) in [7, 11) is 3.02. The van der Waals surface area contributed by atoms with E-state index in [0.717, 1.165) is 11.4 Å². The van der Waals surface area contributed by atoms with Crippen molar-refractivity contribution in [3.63, 3.8) is 0 Å². The van der Waals surface area contributed by atoms with Crippen molar-refractivity contribution in [2.45, 2.75) is 0 Å². The normalized spacial score (nSPS) is 13.1. The Morgan fingerprint density at radius 2 is 1.55 bits per heavy atom. The number of hydrogen-bond acceptors (Lipinski definition) is 6. The molecular formula is C27H26Cl2N4O4S. The molecule has 3 aromatic carbocycles. The summed E-state index contributed by atoms with van der Waals surface area (Å²) in [4.78, 5) is 29.6. The average Bonchev–Trinajstić information content (AvgIpc) is 2.92. The van der Waals surface area contributed by atoms with Crippen LogP contribution in [-0.4, -0.2) is 62.2 Å². The SMILES string of the molecule is COc1ccc(C(=O)N2CCN(c3ccc(NC(=S)NC(=O)c4cc(Cl)cc(Cl)c4OC)cc3)CC2)cc1. The number of hydrogen-bond donors (Lipinski definition) is 2. The maximum Gasteiger partial charge on any atom is 0.261 e. The Bertz CT molecular complexity index is 1330. The lowest BCUT2D eigenvalue weighted by atomic mass is 10.1. The molecule has 0 aromatic heterocycles. The molecule has 1 fully saturated rings. The molecule has 198 valence electrons. The van der Waals surface area contributed by atoms with Gasteiger partial charge in [0.05, 0.1) is 24.8 Å². The highest BCUT2D eigenvalue weighted by Crippen LogP contribution is 2.32. The van der Waals surface area contributed by atoms with Crippen molar-refractivity contribution in [3.05, 3.63) is 81.8 Å². The molecule has 0 bridgehead atoms. The van der Waals surface area contributed by atoms with Crippen LogP contribution in [0.25, 0.3) is 0 Å². The predicted molar refractivity (Wildman–Crippen MR) is 154 cm³/mol. The molecule has 1 heterocycles. The molecule has 2 amide bonds. The summed E-state index contributed by atoms with van der Waals surface area (Å²) in [6, 6.07) is 17.8. The second-order valence-electron chi connectivity index (χ2n) is 8.43. The number of rotatable bonds is 6. The lowest BCUT2D eigenvalue weighted by Gasteiger charge is -2.36. The van der Waals surface area contributed by atoms with E-state index in [0.29, 0.717) is 42.5 Å². The van der Waals surface area contributed by atoms with Crippen LogP contribution in [0.1, 0.15) is 20.7 Å². The lowest BCUT2D eigenvalue weighted by molar-refractivity contribution is 0.0746. The molecule has 4 rings (SSSR count). The maximum absolute atomic E-state index is 12.8. The lowest BCUT2D eigenvalue weighted by Crippen LogP contribution is -2.48. The molecule has 0 spiro atoms. The summed E-state index contributed by atoms with van der Waals surface area (Å²) in [5.41, 5.74) is 2.56. The van der Waals surface area contributed by atoms with Gasteiger partial charge in [0.25, 0.3) is 11.8 Å². The number of benzene rings is 3. The number of nitrogens with zero attached hydrogens (tertiary/aromatic N) is 2. The molecule has 11 heteroatoms. The predicted octanol–water partition coefficient (Wildman–Crippen LogP) is 5.10. The first-order valence-corrected chi connectivity index (χ1v) is 12.9. The number of thiocarbonyl (C=S) groups is 1. The van der Waals surface area contributed by atoms with Gasteiger partial charge in [-0.15, -0.1) is 0 Å². The van der Waals surface area contributed by atoms with Gasteiger partial charge in [0.15, 0.2) is 5.11 Å². The largest absolute Gasteiger partial charge is 0.497 e. The number of carbonyl (C=O) groups is 2. The maximum atomic E-state index is 12.8. The van der Waals surface area contributed by atoms with E-state index in [1.54, 1.807) is 31.4 Å². The first-order chi connectivity index (χ1) is 18.3. The van der Waals surface area contributed by atoms with Crippen molar-refractivity contribution in [2.24, 2.45) is 0 Å². The molecule has 1 aliphatic rings. The highest BCUT2D eigenvalue weighted by atomic mass is 35.5. The van der Waals surface area contributed by atoms with E-state index in [2.05, 4.69) is 15.5 Å². The van der Waals surface area contributed by atoms with Crippen molar-refractivity contribution in [1.29, 1.82) is 0 Å². The van der Waals surface area contributed by atoms with Gasteiger partial charge in [-0.25, -0.2) is 0 Å². The monoisotopic (exact) mass is 572 g/mol. The fourth-order valence-electron chi connectivity index (χ4n) is 4.11. The molecule has 8 nitrogen and oxygen atoms in total. The standard InChI is InChI=1S/C27H26Cl2N4O4S/c1-36-21-9-3-17(4-10-21)26(35)33-13-11-32(12-14-33)20-7-5-19(6-8-20)30-27(38)31-25(34)22-15-18(28)16-23(29)24(22)37-2/h3-10,15-16H,11-14H2,1-2H3,(H2,30,31,34,38). The van der Waals surface area contributed by atoms with Gasteiger partial charge in [0.2, 0.25) is 0 Å². The van der Waals surface area contributed by atoms with Crippen LogP contribution in [-0.2, 0) is 0 Å². The highest BCUT2D eigenvalue weighted by molar-refractivity contribution is 7.80. The number of anilines is 2. The Hall–Kier alpha value is -3.53. The van der Waals surface area contributed by atoms with Crippen molar-refractivity contribution < 1.29 is 19.1 Å². The molecule has 0 atom stereocenters. The van der Waals surface area contributed by atoms with Crippen LogP contribution < -0.4 is 25.0 Å². The molecule has 2 N–H and O–H groups in total. The summed E-state index contributed by atoms with van der Waals surface area (Å²) >= 11 is 17.5. The summed E-state index contributed by atoms with van der Waals surface area (Å²) in [6.45, 7) is 2.68. The van der Waals surface area contributed by atoms with Gasteiger partial charge in [-0.1, -0.05) is 23.2 Å². The van der Waals surface area contributed by atoms with E-state index in [-0.39, 0.29) is 27.4 Å². The summed E-state index contributed by atoms with van der Waals surface area (Å²) in [5.74, 6) is 0.452. The van der Waals surface area contributed by atoms with Crippen LogP contribution in [0, 0.1) is 0 Å². The third kappa shape index (κ3) is 6.48. The molecular weight excluding hydrogens is 547 g/mol. The third-order valence-corrected chi connectivity index (χ3v) is 6.78. The van der Waals surface area contributed by atoms with Crippen molar-refractivity contribution in [3.8, 4) is 11.5 Å². The van der Waals surface area contributed by atoms with Gasteiger partial charge in [-0.05, 0) is 72.9 Å². The molecule has 0 saturated carbocycles. The van der Waals surface area contributed by atoms with Crippen molar-refractivity contribution in [2.75, 3.05) is 50.6 Å². The van der Waals surface area contributed by atoms with Gasteiger partial charge in [-0.2, -0.15) is 0 Å². The van der Waals surface area contributed by atoms with Crippen LogP contribution in [0.3, 0.4) is 0 Å². The van der Waals surface area contributed by atoms with Crippen LogP contribution in [0.4, 0.5) is 11.4 Å². The summed E-state index contributed by atoms with van der Waals surface area (Å²) in [5, 5.41) is 6.27. The third-order valence-electron chi connectivity index (χ3n) is 6.08. The Labute approximate surface area is 236 Å². The summed E-state index contributed by atoms with van der Waals surface area (Å²) < 4.78 is 10.4. The first-order valence-electron chi connectivity index (χ1n) is 11.7. The van der Waals surface area contributed by atoms with Gasteiger partial charge < -0.3 is 24.6 Å². The number of carbonyl (C=O) groups excluding carboxylic acids is 2. The number of amides is 2. The molecule has 1 saturated heterocycles. The molecule has 3 aromatic rings. The number of halogens is 2. The Morgan fingerprint density at radius 1 is 0.895 bits per heavy atom. The number of nitrogens with one attached hydrogen (secondary N) is 2. The van der Waals surface area contributed by atoms with Gasteiger partial charge in [0.1, 0.15) is 11.5 Å². The zero-order chi connectivity index (χ0) is 27.2. The van der Waals surface area contributed by atoms with E-state index in [1.165, 1.54) is 19.2 Å². The Balaban J connectivity index is 1.30. The van der Waals surface area contributed by atoms with Crippen LogP contribution in [0.5, 0.6) is 11.5 Å². The van der Waals surface area contributed by atoms with E-state index in [4.69, 9.17) is 44.9 Å². The quantitative estimate of drug-likeness (QED) is 0.397. The zero-order valence-electron chi connectivity index (χ0n) is 20.8. The number of piperazine rings is 1. The minimum Gasteiger partial charge on any atom is -0.497 e. The Morgan fingerprint density at radius 3 is 2.16 bits per heavy atom. The molecule has 0 aliphatic carbocycles. The number of ether oxygens (including phenoxy) is 2. The number of methoxy groups -OCH3 is 2. The van der Waals surface area contributed by atoms with Gasteiger partial charge >= 0.3 is 0 Å². The minimum absolute atomic E-state index is 0.0140. The smallest absolute Gasteiger partial charge is 0.261 e. The molecule has 1 aliphatic heterocycles. The summed E-state index contributed by atoms with van der Waals surface area (Å²) in [6.07, 6.45) is 0.